The third-order valence-electron chi connectivity index (χ3n) is 2.51. The normalized spacial score (nSPS) is 12.6. The lowest BCUT2D eigenvalue weighted by Crippen LogP contribution is -2.18. The van der Waals surface area contributed by atoms with E-state index in [4.69, 9.17) is 4.42 Å². The largest absolute Gasteiger partial charge is 0.465 e. The van der Waals surface area contributed by atoms with Gasteiger partial charge in [0.05, 0.1) is 12.2 Å². The summed E-state index contributed by atoms with van der Waals surface area (Å²) in [5, 5.41) is 3.37. The molecule has 0 amide bonds. The maximum absolute atomic E-state index is 5.49. The number of pyridine rings is 1. The first-order valence-electron chi connectivity index (χ1n) is 5.45. The first-order valence-corrected chi connectivity index (χ1v) is 5.45. The molecule has 2 aromatic rings. The predicted molar refractivity (Wildman–Crippen MR) is 62.9 cm³/mol. The molecule has 0 radical (unpaired) electrons. The molecule has 0 spiro atoms. The second kappa shape index (κ2) is 4.94. The topological polar surface area (TPSA) is 38.1 Å². The summed E-state index contributed by atoms with van der Waals surface area (Å²) in [5.41, 5.74) is 1.05. The van der Waals surface area contributed by atoms with Crippen LogP contribution in [0.15, 0.2) is 40.9 Å². The third kappa shape index (κ3) is 2.70. The van der Waals surface area contributed by atoms with Crippen LogP contribution in [0.3, 0.4) is 0 Å². The first kappa shape index (κ1) is 10.9. The van der Waals surface area contributed by atoms with Crippen molar-refractivity contribution >= 4 is 0 Å². The van der Waals surface area contributed by atoms with Gasteiger partial charge in [-0.2, -0.15) is 0 Å². The van der Waals surface area contributed by atoms with Gasteiger partial charge >= 0.3 is 0 Å². The van der Waals surface area contributed by atoms with Gasteiger partial charge in [0.1, 0.15) is 11.5 Å². The van der Waals surface area contributed by atoms with E-state index in [0.717, 1.165) is 23.8 Å². The van der Waals surface area contributed by atoms with Gasteiger partial charge in [-0.05, 0) is 38.1 Å². The highest BCUT2D eigenvalue weighted by Crippen LogP contribution is 2.11. The summed E-state index contributed by atoms with van der Waals surface area (Å²) in [6.45, 7) is 4.77. The molecular weight excluding hydrogens is 200 g/mol. The van der Waals surface area contributed by atoms with Crippen LogP contribution in [-0.4, -0.2) is 4.98 Å². The van der Waals surface area contributed by atoms with Crippen LogP contribution >= 0.6 is 0 Å². The molecule has 3 nitrogen and oxygen atoms in total. The minimum atomic E-state index is 0.228. The summed E-state index contributed by atoms with van der Waals surface area (Å²) in [6, 6.07) is 10.1. The van der Waals surface area contributed by atoms with E-state index in [-0.39, 0.29) is 6.04 Å². The van der Waals surface area contributed by atoms with Crippen molar-refractivity contribution in [2.75, 3.05) is 0 Å². The van der Waals surface area contributed by atoms with Crippen molar-refractivity contribution in [3.05, 3.63) is 53.7 Å². The second-order valence-corrected chi connectivity index (χ2v) is 3.87. The van der Waals surface area contributed by atoms with Gasteiger partial charge in [-0.1, -0.05) is 6.07 Å². The molecule has 0 unspecified atom stereocenters. The third-order valence-corrected chi connectivity index (χ3v) is 2.51. The molecule has 84 valence electrons. The molecule has 1 N–H and O–H groups in total. The van der Waals surface area contributed by atoms with Crippen LogP contribution in [0.2, 0.25) is 0 Å². The Balaban J connectivity index is 1.91. The fourth-order valence-corrected chi connectivity index (χ4v) is 1.57. The van der Waals surface area contributed by atoms with Crippen LogP contribution < -0.4 is 5.32 Å². The molecule has 0 fully saturated rings. The van der Waals surface area contributed by atoms with E-state index in [2.05, 4.69) is 17.2 Å². The minimum Gasteiger partial charge on any atom is -0.465 e. The Morgan fingerprint density at radius 3 is 2.81 bits per heavy atom. The first-order chi connectivity index (χ1) is 7.75. The van der Waals surface area contributed by atoms with Crippen molar-refractivity contribution in [1.82, 2.24) is 10.3 Å². The zero-order valence-electron chi connectivity index (χ0n) is 9.60. The Bertz CT molecular complexity index is 436. The fraction of sp³-hybridized carbons (Fsp3) is 0.308. The SMILES string of the molecule is Cc1ccc(CN[C@@H](C)c2ccccn2)o1. The van der Waals surface area contributed by atoms with Gasteiger partial charge in [-0.25, -0.2) is 0 Å². The van der Waals surface area contributed by atoms with Gasteiger partial charge in [0.15, 0.2) is 0 Å². The Hall–Kier alpha value is -1.61. The molecule has 0 aromatic carbocycles. The molecule has 16 heavy (non-hydrogen) atoms. The van der Waals surface area contributed by atoms with E-state index in [9.17, 15) is 0 Å². The monoisotopic (exact) mass is 216 g/mol. The number of hydrogen-bond acceptors (Lipinski definition) is 3. The second-order valence-electron chi connectivity index (χ2n) is 3.87. The molecule has 2 aromatic heterocycles. The fourth-order valence-electron chi connectivity index (χ4n) is 1.57. The number of rotatable bonds is 4. The average Bonchev–Trinajstić information content (AvgIpc) is 2.73. The zero-order chi connectivity index (χ0) is 11.4. The molecule has 3 heteroatoms. The summed E-state index contributed by atoms with van der Waals surface area (Å²) in [7, 11) is 0. The molecule has 0 saturated carbocycles. The van der Waals surface area contributed by atoms with E-state index in [0.29, 0.717) is 0 Å². The maximum atomic E-state index is 5.49. The lowest BCUT2D eigenvalue weighted by molar-refractivity contribution is 0.442. The van der Waals surface area contributed by atoms with Crippen LogP contribution in [0.1, 0.15) is 30.2 Å². The summed E-state index contributed by atoms with van der Waals surface area (Å²) < 4.78 is 5.49. The summed E-state index contributed by atoms with van der Waals surface area (Å²) in [4.78, 5) is 4.30. The highest BCUT2D eigenvalue weighted by Gasteiger charge is 2.06. The van der Waals surface area contributed by atoms with E-state index in [1.165, 1.54) is 0 Å². The smallest absolute Gasteiger partial charge is 0.117 e. The van der Waals surface area contributed by atoms with E-state index in [1.54, 1.807) is 0 Å². The molecule has 0 aliphatic heterocycles. The molecule has 2 rings (SSSR count). The van der Waals surface area contributed by atoms with E-state index >= 15 is 0 Å². The van der Waals surface area contributed by atoms with Gasteiger partial charge in [-0.3, -0.25) is 4.98 Å². The molecule has 0 bridgehead atoms. The lowest BCUT2D eigenvalue weighted by Gasteiger charge is -2.11. The van der Waals surface area contributed by atoms with Crippen molar-refractivity contribution in [1.29, 1.82) is 0 Å². The molecule has 0 aliphatic rings. The van der Waals surface area contributed by atoms with Crippen molar-refractivity contribution in [2.24, 2.45) is 0 Å². The minimum absolute atomic E-state index is 0.228. The molecular formula is C13H16N2O. The number of nitrogens with zero attached hydrogens (tertiary/aromatic N) is 1. The number of aryl methyl sites for hydroxylation is 1. The summed E-state index contributed by atoms with van der Waals surface area (Å²) >= 11 is 0. The van der Waals surface area contributed by atoms with Gasteiger partial charge in [0.2, 0.25) is 0 Å². The van der Waals surface area contributed by atoms with E-state index in [1.807, 2.05) is 43.5 Å². The van der Waals surface area contributed by atoms with Crippen molar-refractivity contribution in [3.63, 3.8) is 0 Å². The zero-order valence-corrected chi connectivity index (χ0v) is 9.60. The van der Waals surface area contributed by atoms with Gasteiger partial charge in [0, 0.05) is 12.2 Å². The molecule has 0 saturated heterocycles. The highest BCUT2D eigenvalue weighted by atomic mass is 16.3. The summed E-state index contributed by atoms with van der Waals surface area (Å²) in [5.74, 6) is 1.91. The van der Waals surface area contributed by atoms with Crippen LogP contribution in [-0.2, 0) is 6.54 Å². The predicted octanol–water partition coefficient (Wildman–Crippen LogP) is 2.83. The number of furan rings is 1. The standard InChI is InChI=1S/C13H16N2O/c1-10-6-7-12(16-10)9-15-11(2)13-5-3-4-8-14-13/h3-8,11,15H,9H2,1-2H3/t11-/m0/s1. The van der Waals surface area contributed by atoms with E-state index < -0.39 is 0 Å². The Morgan fingerprint density at radius 1 is 1.31 bits per heavy atom. The number of aromatic nitrogens is 1. The Kier molecular flexibility index (Phi) is 3.37. The van der Waals surface area contributed by atoms with Crippen LogP contribution in [0.5, 0.6) is 0 Å². The van der Waals surface area contributed by atoms with Gasteiger partial charge in [-0.15, -0.1) is 0 Å². The average molecular weight is 216 g/mol. The maximum Gasteiger partial charge on any atom is 0.117 e. The molecule has 0 aliphatic carbocycles. The van der Waals surface area contributed by atoms with Gasteiger partial charge < -0.3 is 9.73 Å². The number of hydrogen-bond donors (Lipinski definition) is 1. The van der Waals surface area contributed by atoms with Crippen LogP contribution in [0, 0.1) is 6.92 Å². The Morgan fingerprint density at radius 2 is 2.19 bits per heavy atom. The molecule has 1 atom stereocenters. The Labute approximate surface area is 95.5 Å². The lowest BCUT2D eigenvalue weighted by atomic mass is 10.2. The van der Waals surface area contributed by atoms with Crippen molar-refractivity contribution in [2.45, 2.75) is 26.4 Å². The molecule has 2 heterocycles. The number of nitrogens with one attached hydrogen (secondary N) is 1. The van der Waals surface area contributed by atoms with Crippen LogP contribution in [0.4, 0.5) is 0 Å². The van der Waals surface area contributed by atoms with Gasteiger partial charge in [0.25, 0.3) is 0 Å². The van der Waals surface area contributed by atoms with Crippen molar-refractivity contribution in [3.8, 4) is 0 Å². The highest BCUT2D eigenvalue weighted by molar-refractivity contribution is 5.09. The quantitative estimate of drug-likeness (QED) is 0.854. The summed E-state index contributed by atoms with van der Waals surface area (Å²) in [6.07, 6.45) is 1.81. The van der Waals surface area contributed by atoms with Crippen molar-refractivity contribution < 1.29 is 4.42 Å². The van der Waals surface area contributed by atoms with Crippen LogP contribution in [0.25, 0.3) is 0 Å².